The second kappa shape index (κ2) is 10.1. The molecule has 0 atom stereocenters. The maximum Gasteiger partial charge on any atom is 0.329 e. The van der Waals surface area contributed by atoms with Gasteiger partial charge in [-0.2, -0.15) is 0 Å². The van der Waals surface area contributed by atoms with Gasteiger partial charge in [-0.25, -0.2) is 9.18 Å². The molecular weight excluding hydrogens is 463 g/mol. The van der Waals surface area contributed by atoms with Gasteiger partial charge in [-0.05, 0) is 42.7 Å². The van der Waals surface area contributed by atoms with E-state index in [2.05, 4.69) is 4.98 Å². The van der Waals surface area contributed by atoms with Crippen molar-refractivity contribution in [1.29, 1.82) is 0 Å². The number of carbonyl (C=O) groups excluding carboxylic acids is 2. The Bertz CT molecular complexity index is 1420. The number of aromatic nitrogens is 2. The quantitative estimate of drug-likeness (QED) is 0.606. The Labute approximate surface area is 207 Å². The largest absolute Gasteiger partial charge is 0.339 e. The van der Waals surface area contributed by atoms with Crippen molar-refractivity contribution in [2.24, 2.45) is 5.92 Å². The van der Waals surface area contributed by atoms with Crippen LogP contribution in [0.15, 0.2) is 52.1 Å². The van der Waals surface area contributed by atoms with E-state index < -0.39 is 23.0 Å². The highest BCUT2D eigenvalue weighted by Gasteiger charge is 2.30. The molecule has 8 nitrogen and oxygen atoms in total. The summed E-state index contributed by atoms with van der Waals surface area (Å²) in [6, 6.07) is 11.0. The lowest BCUT2D eigenvalue weighted by Crippen LogP contribution is -2.52. The second-order valence-electron chi connectivity index (χ2n) is 9.63. The third kappa shape index (κ3) is 4.69. The molecule has 0 spiro atoms. The van der Waals surface area contributed by atoms with Gasteiger partial charge < -0.3 is 9.80 Å². The summed E-state index contributed by atoms with van der Waals surface area (Å²) in [7, 11) is 0. The summed E-state index contributed by atoms with van der Waals surface area (Å²) in [6.07, 6.45) is 5.23. The summed E-state index contributed by atoms with van der Waals surface area (Å²) >= 11 is 0. The van der Waals surface area contributed by atoms with Crippen LogP contribution in [-0.2, 0) is 11.3 Å². The molecule has 36 heavy (non-hydrogen) atoms. The molecule has 3 aromatic rings. The van der Waals surface area contributed by atoms with Crippen LogP contribution in [0.25, 0.3) is 10.9 Å². The molecule has 2 aromatic carbocycles. The minimum atomic E-state index is -0.636. The minimum Gasteiger partial charge on any atom is -0.339 e. The SMILES string of the molecule is O=C(c1cc(Cn2c(=O)[nH]c(=O)c3ccccc32)ccc1F)N1CCN(C(=O)C2CCCCC2)CC1. The Morgan fingerprint density at radius 3 is 2.36 bits per heavy atom. The number of carbonyl (C=O) groups is 2. The van der Waals surface area contributed by atoms with Crippen molar-refractivity contribution in [3.8, 4) is 0 Å². The van der Waals surface area contributed by atoms with Gasteiger partial charge in [-0.1, -0.05) is 37.5 Å². The van der Waals surface area contributed by atoms with Crippen molar-refractivity contribution in [3.63, 3.8) is 0 Å². The van der Waals surface area contributed by atoms with Crippen LogP contribution in [0.3, 0.4) is 0 Å². The van der Waals surface area contributed by atoms with E-state index in [0.29, 0.717) is 42.6 Å². The van der Waals surface area contributed by atoms with E-state index in [-0.39, 0.29) is 23.9 Å². The van der Waals surface area contributed by atoms with Crippen LogP contribution in [0.2, 0.25) is 0 Å². The first-order valence-electron chi connectivity index (χ1n) is 12.5. The van der Waals surface area contributed by atoms with Crippen LogP contribution < -0.4 is 11.2 Å². The van der Waals surface area contributed by atoms with Gasteiger partial charge in [-0.3, -0.25) is 23.9 Å². The van der Waals surface area contributed by atoms with Gasteiger partial charge in [0.25, 0.3) is 11.5 Å². The predicted molar refractivity (Wildman–Crippen MR) is 133 cm³/mol. The highest BCUT2D eigenvalue weighted by molar-refractivity contribution is 5.95. The number of aromatic amines is 1. The zero-order chi connectivity index (χ0) is 25.2. The Balaban J connectivity index is 1.32. The molecule has 188 valence electrons. The van der Waals surface area contributed by atoms with Gasteiger partial charge in [-0.15, -0.1) is 0 Å². The second-order valence-corrected chi connectivity index (χ2v) is 9.63. The molecule has 0 bridgehead atoms. The summed E-state index contributed by atoms with van der Waals surface area (Å²) in [5.74, 6) is -0.808. The van der Waals surface area contributed by atoms with Crippen LogP contribution in [0.5, 0.6) is 0 Å². The highest BCUT2D eigenvalue weighted by atomic mass is 19.1. The number of piperazine rings is 1. The smallest absolute Gasteiger partial charge is 0.329 e. The van der Waals surface area contributed by atoms with Gasteiger partial charge in [0.15, 0.2) is 0 Å². The fourth-order valence-electron chi connectivity index (χ4n) is 5.32. The van der Waals surface area contributed by atoms with E-state index in [1.54, 1.807) is 29.2 Å². The third-order valence-corrected chi connectivity index (χ3v) is 7.34. The summed E-state index contributed by atoms with van der Waals surface area (Å²) in [4.78, 5) is 56.4. The Morgan fingerprint density at radius 2 is 1.61 bits per heavy atom. The molecule has 1 aliphatic carbocycles. The summed E-state index contributed by atoms with van der Waals surface area (Å²) in [5.41, 5.74) is -0.0914. The highest BCUT2D eigenvalue weighted by Crippen LogP contribution is 2.26. The van der Waals surface area contributed by atoms with E-state index in [0.717, 1.165) is 25.7 Å². The molecule has 1 saturated heterocycles. The van der Waals surface area contributed by atoms with Crippen LogP contribution >= 0.6 is 0 Å². The van der Waals surface area contributed by atoms with Crippen molar-refractivity contribution in [1.82, 2.24) is 19.4 Å². The average Bonchev–Trinajstić information content (AvgIpc) is 2.91. The molecule has 0 radical (unpaired) electrons. The predicted octanol–water partition coefficient (Wildman–Crippen LogP) is 2.74. The number of H-pyrrole nitrogens is 1. The van der Waals surface area contributed by atoms with E-state index in [4.69, 9.17) is 0 Å². The zero-order valence-electron chi connectivity index (χ0n) is 20.0. The molecular formula is C27H29FN4O4. The van der Waals surface area contributed by atoms with Gasteiger partial charge in [0.1, 0.15) is 5.82 Å². The summed E-state index contributed by atoms with van der Waals surface area (Å²) in [5, 5.41) is 0.371. The lowest BCUT2D eigenvalue weighted by Gasteiger charge is -2.37. The molecule has 1 saturated carbocycles. The fourth-order valence-corrected chi connectivity index (χ4v) is 5.32. The lowest BCUT2D eigenvalue weighted by molar-refractivity contribution is -0.138. The number of nitrogens with zero attached hydrogens (tertiary/aromatic N) is 3. The van der Waals surface area contributed by atoms with Crippen LogP contribution in [-0.4, -0.2) is 57.3 Å². The van der Waals surface area contributed by atoms with Crippen LogP contribution in [0.1, 0.15) is 48.0 Å². The van der Waals surface area contributed by atoms with Crippen molar-refractivity contribution in [2.75, 3.05) is 26.2 Å². The van der Waals surface area contributed by atoms with Crippen molar-refractivity contribution in [2.45, 2.75) is 38.6 Å². The standard InChI is InChI=1S/C27H29FN4O4/c28-22-11-10-18(17-32-23-9-5-4-8-20(23)24(33)29-27(32)36)16-21(22)26(35)31-14-12-30(13-15-31)25(34)19-6-2-1-3-7-19/h4-5,8-11,16,19H,1-3,6-7,12-15,17H2,(H,29,33,36). The molecule has 2 heterocycles. The van der Waals surface area contributed by atoms with E-state index >= 15 is 0 Å². The zero-order valence-corrected chi connectivity index (χ0v) is 20.0. The van der Waals surface area contributed by atoms with Crippen molar-refractivity contribution < 1.29 is 14.0 Å². The molecule has 2 amide bonds. The van der Waals surface area contributed by atoms with Crippen molar-refractivity contribution >= 4 is 22.7 Å². The number of amides is 2. The van der Waals surface area contributed by atoms with Crippen molar-refractivity contribution in [3.05, 3.63) is 80.2 Å². The van der Waals surface area contributed by atoms with E-state index in [1.165, 1.54) is 29.2 Å². The summed E-state index contributed by atoms with van der Waals surface area (Å²) in [6.45, 7) is 1.67. The first kappa shape index (κ1) is 24.0. The number of halogens is 1. The molecule has 1 aliphatic heterocycles. The first-order chi connectivity index (χ1) is 17.4. The third-order valence-electron chi connectivity index (χ3n) is 7.34. The van der Waals surface area contributed by atoms with Gasteiger partial charge in [0.05, 0.1) is 23.0 Å². The monoisotopic (exact) mass is 492 g/mol. The number of rotatable bonds is 4. The maximum atomic E-state index is 14.7. The normalized spacial score (nSPS) is 16.9. The number of para-hydroxylation sites is 1. The number of benzene rings is 2. The lowest BCUT2D eigenvalue weighted by atomic mass is 9.88. The fraction of sp³-hybridized carbons (Fsp3) is 0.407. The number of fused-ring (bicyclic) bond motifs is 1. The van der Waals surface area contributed by atoms with Gasteiger partial charge in [0, 0.05) is 32.1 Å². The van der Waals surface area contributed by atoms with Gasteiger partial charge >= 0.3 is 5.69 Å². The number of nitrogens with one attached hydrogen (secondary N) is 1. The van der Waals surface area contributed by atoms with Crippen LogP contribution in [0, 0.1) is 11.7 Å². The minimum absolute atomic E-state index is 0.0682. The molecule has 1 aromatic heterocycles. The van der Waals surface area contributed by atoms with E-state index in [9.17, 15) is 23.6 Å². The molecule has 9 heteroatoms. The molecule has 2 aliphatic rings. The summed E-state index contributed by atoms with van der Waals surface area (Å²) < 4.78 is 16.1. The maximum absolute atomic E-state index is 14.7. The Hall–Kier alpha value is -3.75. The molecule has 2 fully saturated rings. The number of hydrogen-bond acceptors (Lipinski definition) is 4. The van der Waals surface area contributed by atoms with Gasteiger partial charge in [0.2, 0.25) is 5.91 Å². The number of hydrogen-bond donors (Lipinski definition) is 1. The molecule has 1 N–H and O–H groups in total. The Kier molecular flexibility index (Phi) is 6.71. The molecule has 5 rings (SSSR count). The van der Waals surface area contributed by atoms with E-state index in [1.807, 2.05) is 4.90 Å². The Morgan fingerprint density at radius 1 is 0.917 bits per heavy atom. The van der Waals surface area contributed by atoms with Crippen LogP contribution in [0.4, 0.5) is 4.39 Å². The molecule has 0 unspecified atom stereocenters. The topological polar surface area (TPSA) is 95.5 Å². The first-order valence-corrected chi connectivity index (χ1v) is 12.5. The average molecular weight is 493 g/mol.